The van der Waals surface area contributed by atoms with Gasteiger partial charge in [-0.2, -0.15) is 0 Å². The number of fused-ring (bicyclic) bond motifs is 3. The van der Waals surface area contributed by atoms with Crippen LogP contribution in [-0.4, -0.2) is 30.0 Å². The van der Waals surface area contributed by atoms with Crippen molar-refractivity contribution in [2.75, 3.05) is 14.1 Å². The summed E-state index contributed by atoms with van der Waals surface area (Å²) < 4.78 is 1.17. The normalized spacial score (nSPS) is 19.9. The van der Waals surface area contributed by atoms with Gasteiger partial charge in [0.2, 0.25) is 0 Å². The van der Waals surface area contributed by atoms with E-state index in [0.29, 0.717) is 6.04 Å². The van der Waals surface area contributed by atoms with E-state index in [1.807, 2.05) is 0 Å². The molecule has 1 aliphatic carbocycles. The Hall–Kier alpha value is -0.800. The van der Waals surface area contributed by atoms with Crippen molar-refractivity contribution in [3.05, 3.63) is 33.9 Å². The van der Waals surface area contributed by atoms with Crippen LogP contribution in [0.1, 0.15) is 17.7 Å². The molecule has 1 atom stereocenters. The second kappa shape index (κ2) is 4.14. The molecule has 0 unspecified atom stereocenters. The summed E-state index contributed by atoms with van der Waals surface area (Å²) in [5.74, 6) is 0. The van der Waals surface area contributed by atoms with E-state index in [0.717, 1.165) is 6.42 Å². The van der Waals surface area contributed by atoms with Crippen molar-refractivity contribution in [3.8, 4) is 0 Å². The molecule has 2 nitrogen and oxygen atoms in total. The van der Waals surface area contributed by atoms with Crippen molar-refractivity contribution in [3.63, 3.8) is 0 Å². The van der Waals surface area contributed by atoms with Crippen LogP contribution in [0, 0.1) is 0 Å². The van der Waals surface area contributed by atoms with Gasteiger partial charge in [-0.3, -0.25) is 0 Å². The number of hydrogen-bond donors (Lipinski definition) is 1. The van der Waals surface area contributed by atoms with Gasteiger partial charge >= 0.3 is 0 Å². The fourth-order valence-electron chi connectivity index (χ4n) is 2.82. The average Bonchev–Trinajstić information content (AvgIpc) is 2.66. The molecule has 1 N–H and O–H groups in total. The fourth-order valence-corrected chi connectivity index (χ4v) is 3.19. The summed E-state index contributed by atoms with van der Waals surface area (Å²) in [4.78, 5) is 5.92. The van der Waals surface area contributed by atoms with Crippen molar-refractivity contribution in [2.24, 2.45) is 0 Å². The van der Waals surface area contributed by atoms with Crippen LogP contribution >= 0.6 is 15.9 Å². The number of halogens is 1. The zero-order valence-corrected chi connectivity index (χ0v) is 11.8. The van der Waals surface area contributed by atoms with Gasteiger partial charge in [-0.1, -0.05) is 15.9 Å². The molecule has 3 heteroatoms. The Labute approximate surface area is 110 Å². The Bertz CT molecular complexity index is 557. The smallest absolute Gasteiger partial charge is 0.0459 e. The van der Waals surface area contributed by atoms with Crippen LogP contribution < -0.4 is 0 Å². The standard InChI is InChI=1S/C14H17BrN2/c1-17(2)10-4-5-11-12-7-9(15)3-6-13(12)16-14(11)8-10/h3,6-7,10,16H,4-5,8H2,1-2H3/t10-/m1/s1. The number of aromatic amines is 1. The number of nitrogens with one attached hydrogen (secondary N) is 1. The third kappa shape index (κ3) is 1.91. The van der Waals surface area contributed by atoms with Crippen LogP contribution in [0.3, 0.4) is 0 Å². The van der Waals surface area contributed by atoms with Gasteiger partial charge in [-0.15, -0.1) is 0 Å². The van der Waals surface area contributed by atoms with Crippen molar-refractivity contribution >= 4 is 26.8 Å². The van der Waals surface area contributed by atoms with Crippen LogP contribution in [0.2, 0.25) is 0 Å². The number of aromatic nitrogens is 1. The molecule has 1 aliphatic rings. The van der Waals surface area contributed by atoms with Crippen molar-refractivity contribution in [1.82, 2.24) is 9.88 Å². The summed E-state index contributed by atoms with van der Waals surface area (Å²) in [6.07, 6.45) is 3.60. The molecule has 90 valence electrons. The number of H-pyrrole nitrogens is 1. The number of rotatable bonds is 1. The minimum atomic E-state index is 0.680. The topological polar surface area (TPSA) is 19.0 Å². The second-order valence-corrected chi connectivity index (χ2v) is 6.05. The van der Waals surface area contributed by atoms with Crippen molar-refractivity contribution in [1.29, 1.82) is 0 Å². The highest BCUT2D eigenvalue weighted by Gasteiger charge is 2.23. The van der Waals surface area contributed by atoms with E-state index in [1.165, 1.54) is 39.5 Å². The molecule has 0 saturated heterocycles. The highest BCUT2D eigenvalue weighted by atomic mass is 79.9. The summed E-state index contributed by atoms with van der Waals surface area (Å²) >= 11 is 3.56. The summed E-state index contributed by atoms with van der Waals surface area (Å²) in [5, 5.41) is 1.39. The number of nitrogens with zero attached hydrogens (tertiary/aromatic N) is 1. The van der Waals surface area contributed by atoms with Crippen LogP contribution in [-0.2, 0) is 12.8 Å². The van der Waals surface area contributed by atoms with Gasteiger partial charge in [0, 0.05) is 33.5 Å². The minimum Gasteiger partial charge on any atom is -0.358 e. The summed E-state index contributed by atoms with van der Waals surface area (Å²) in [7, 11) is 4.35. The molecule has 0 bridgehead atoms. The third-order valence-corrected chi connectivity index (χ3v) is 4.35. The maximum Gasteiger partial charge on any atom is 0.0459 e. The summed E-state index contributed by atoms with van der Waals surface area (Å²) in [6, 6.07) is 7.19. The maximum absolute atomic E-state index is 3.58. The lowest BCUT2D eigenvalue weighted by molar-refractivity contribution is 0.267. The van der Waals surface area contributed by atoms with Gasteiger partial charge in [0.1, 0.15) is 0 Å². The SMILES string of the molecule is CN(C)[C@@H]1CCc2c([nH]c3ccc(Br)cc23)C1. The van der Waals surface area contributed by atoms with E-state index in [4.69, 9.17) is 0 Å². The lowest BCUT2D eigenvalue weighted by atomic mass is 9.91. The van der Waals surface area contributed by atoms with Gasteiger partial charge in [0.25, 0.3) is 0 Å². The molecule has 2 aromatic rings. The Morgan fingerprint density at radius 2 is 2.18 bits per heavy atom. The van der Waals surface area contributed by atoms with Gasteiger partial charge in [-0.25, -0.2) is 0 Å². The highest BCUT2D eigenvalue weighted by Crippen LogP contribution is 2.31. The molecule has 1 aromatic carbocycles. The van der Waals surface area contributed by atoms with Crippen LogP contribution in [0.5, 0.6) is 0 Å². The van der Waals surface area contributed by atoms with E-state index in [2.05, 4.69) is 58.1 Å². The van der Waals surface area contributed by atoms with Crippen molar-refractivity contribution < 1.29 is 0 Å². The van der Waals surface area contributed by atoms with E-state index in [9.17, 15) is 0 Å². The predicted octanol–water partition coefficient (Wildman–Crippen LogP) is 3.35. The maximum atomic E-state index is 3.58. The Morgan fingerprint density at radius 1 is 1.35 bits per heavy atom. The molecule has 0 fully saturated rings. The number of likely N-dealkylation sites (N-methyl/N-ethyl adjacent to an activating group) is 1. The first kappa shape index (κ1) is 11.3. The number of benzene rings is 1. The van der Waals surface area contributed by atoms with Crippen LogP contribution in [0.25, 0.3) is 10.9 Å². The molecular formula is C14H17BrN2. The Balaban J connectivity index is 2.07. The average molecular weight is 293 g/mol. The Kier molecular flexibility index (Phi) is 2.75. The molecule has 1 aromatic heterocycles. The largest absolute Gasteiger partial charge is 0.358 e. The predicted molar refractivity (Wildman–Crippen MR) is 75.5 cm³/mol. The Morgan fingerprint density at radius 3 is 2.94 bits per heavy atom. The third-order valence-electron chi connectivity index (χ3n) is 3.85. The zero-order chi connectivity index (χ0) is 12.0. The molecule has 1 heterocycles. The molecule has 0 saturated carbocycles. The summed E-state index contributed by atoms with van der Waals surface area (Å²) in [5.41, 5.74) is 4.24. The van der Waals surface area contributed by atoms with Gasteiger partial charge in [-0.05, 0) is 50.7 Å². The molecular weight excluding hydrogens is 276 g/mol. The van der Waals surface area contributed by atoms with Crippen LogP contribution in [0.15, 0.2) is 22.7 Å². The first-order chi connectivity index (χ1) is 8.15. The molecule has 17 heavy (non-hydrogen) atoms. The van der Waals surface area contributed by atoms with Gasteiger partial charge in [0.05, 0.1) is 0 Å². The first-order valence-corrected chi connectivity index (χ1v) is 6.90. The number of hydrogen-bond acceptors (Lipinski definition) is 1. The number of aryl methyl sites for hydroxylation is 1. The lowest BCUT2D eigenvalue weighted by Crippen LogP contribution is -2.33. The lowest BCUT2D eigenvalue weighted by Gasteiger charge is -2.28. The molecule has 0 amide bonds. The fraction of sp³-hybridized carbons (Fsp3) is 0.429. The monoisotopic (exact) mass is 292 g/mol. The molecule has 3 rings (SSSR count). The van der Waals surface area contributed by atoms with Crippen molar-refractivity contribution in [2.45, 2.75) is 25.3 Å². The first-order valence-electron chi connectivity index (χ1n) is 6.10. The van der Waals surface area contributed by atoms with E-state index < -0.39 is 0 Å². The zero-order valence-electron chi connectivity index (χ0n) is 10.3. The van der Waals surface area contributed by atoms with E-state index >= 15 is 0 Å². The quantitative estimate of drug-likeness (QED) is 0.854. The van der Waals surface area contributed by atoms with E-state index in [-0.39, 0.29) is 0 Å². The minimum absolute atomic E-state index is 0.680. The molecule has 0 radical (unpaired) electrons. The van der Waals surface area contributed by atoms with Gasteiger partial charge < -0.3 is 9.88 Å². The second-order valence-electron chi connectivity index (χ2n) is 5.13. The summed E-state index contributed by atoms with van der Waals surface area (Å²) in [6.45, 7) is 0. The molecule has 0 spiro atoms. The van der Waals surface area contributed by atoms with Crippen LogP contribution in [0.4, 0.5) is 0 Å². The van der Waals surface area contributed by atoms with E-state index in [1.54, 1.807) is 0 Å². The highest BCUT2D eigenvalue weighted by molar-refractivity contribution is 9.10. The van der Waals surface area contributed by atoms with Gasteiger partial charge in [0.15, 0.2) is 0 Å². The molecule has 0 aliphatic heterocycles.